The number of carboxylic acids is 1. The molecular weight excluding hydrogens is 416 g/mol. The molecular formula is C18H32N4O5S2. The molecule has 0 aromatic carbocycles. The Kier molecular flexibility index (Phi) is 10.8. The zero-order chi connectivity index (χ0) is 22.1. The summed E-state index contributed by atoms with van der Waals surface area (Å²) in [5, 5.41) is 14.5. The number of nitrogens with two attached hydrogens (primary N) is 1. The van der Waals surface area contributed by atoms with E-state index in [2.05, 4.69) is 23.3 Å². The molecule has 1 aliphatic rings. The second kappa shape index (κ2) is 12.3. The Morgan fingerprint density at radius 1 is 1.24 bits per heavy atom. The molecule has 0 aromatic rings. The van der Waals surface area contributed by atoms with E-state index in [0.29, 0.717) is 31.6 Å². The number of likely N-dealkylation sites (tertiary alicyclic amines) is 1. The van der Waals surface area contributed by atoms with E-state index in [1.54, 1.807) is 13.8 Å². The maximum absolute atomic E-state index is 12.9. The Balaban J connectivity index is 2.82. The smallest absolute Gasteiger partial charge is 0.326 e. The largest absolute Gasteiger partial charge is 0.480 e. The number of thioether (sulfide) groups is 1. The average molecular weight is 449 g/mol. The predicted molar refractivity (Wildman–Crippen MR) is 116 cm³/mol. The lowest BCUT2D eigenvalue weighted by atomic mass is 10.0. The fourth-order valence-electron chi connectivity index (χ4n) is 3.02. The van der Waals surface area contributed by atoms with Gasteiger partial charge in [-0.05, 0) is 37.2 Å². The fourth-order valence-corrected chi connectivity index (χ4v) is 3.74. The van der Waals surface area contributed by atoms with Gasteiger partial charge < -0.3 is 26.4 Å². The lowest BCUT2D eigenvalue weighted by molar-refractivity contribution is -0.144. The van der Waals surface area contributed by atoms with Gasteiger partial charge in [0.15, 0.2) is 0 Å². The van der Waals surface area contributed by atoms with Crippen LogP contribution in [-0.2, 0) is 19.2 Å². The van der Waals surface area contributed by atoms with Crippen LogP contribution in [0.15, 0.2) is 0 Å². The highest BCUT2D eigenvalue weighted by molar-refractivity contribution is 7.98. The third-order valence-electron chi connectivity index (χ3n) is 4.88. The van der Waals surface area contributed by atoms with Gasteiger partial charge in [-0.15, -0.1) is 0 Å². The molecule has 3 amide bonds. The molecule has 0 aliphatic carbocycles. The minimum atomic E-state index is -1.11. The van der Waals surface area contributed by atoms with Gasteiger partial charge in [-0.25, -0.2) is 4.79 Å². The molecule has 0 bridgehead atoms. The van der Waals surface area contributed by atoms with Crippen LogP contribution in [0, 0.1) is 5.92 Å². The van der Waals surface area contributed by atoms with Crippen molar-refractivity contribution in [1.82, 2.24) is 15.5 Å². The van der Waals surface area contributed by atoms with Crippen LogP contribution in [0.3, 0.4) is 0 Å². The monoisotopic (exact) mass is 448 g/mol. The number of amides is 3. The van der Waals surface area contributed by atoms with Crippen molar-refractivity contribution in [3.63, 3.8) is 0 Å². The van der Waals surface area contributed by atoms with Crippen LogP contribution in [-0.4, -0.2) is 82.2 Å². The molecule has 1 fully saturated rings. The van der Waals surface area contributed by atoms with Gasteiger partial charge in [0.1, 0.15) is 18.1 Å². The minimum Gasteiger partial charge on any atom is -0.480 e. The molecule has 9 nitrogen and oxygen atoms in total. The van der Waals surface area contributed by atoms with Gasteiger partial charge >= 0.3 is 5.97 Å². The number of nitrogens with one attached hydrogen (secondary N) is 2. The van der Waals surface area contributed by atoms with E-state index < -0.39 is 47.9 Å². The summed E-state index contributed by atoms with van der Waals surface area (Å²) in [4.78, 5) is 50.6. The highest BCUT2D eigenvalue weighted by atomic mass is 32.2. The first-order chi connectivity index (χ1) is 13.6. The number of carboxylic acid groups (broad SMARTS) is 1. The van der Waals surface area contributed by atoms with Crippen LogP contribution in [0.1, 0.15) is 33.1 Å². The molecule has 11 heteroatoms. The van der Waals surface area contributed by atoms with Crippen LogP contribution in [0.25, 0.3) is 0 Å². The number of nitrogens with zero attached hydrogens (tertiary/aromatic N) is 1. The van der Waals surface area contributed by atoms with Gasteiger partial charge in [-0.2, -0.15) is 24.4 Å². The van der Waals surface area contributed by atoms with Gasteiger partial charge in [0.2, 0.25) is 17.7 Å². The number of rotatable bonds is 11. The zero-order valence-corrected chi connectivity index (χ0v) is 18.8. The Morgan fingerprint density at radius 2 is 1.90 bits per heavy atom. The van der Waals surface area contributed by atoms with Crippen molar-refractivity contribution in [3.8, 4) is 0 Å². The molecule has 1 rings (SSSR count). The average Bonchev–Trinajstić information content (AvgIpc) is 3.17. The lowest BCUT2D eigenvalue weighted by Crippen LogP contribution is -2.57. The topological polar surface area (TPSA) is 142 Å². The molecule has 0 radical (unpaired) electrons. The molecule has 1 heterocycles. The summed E-state index contributed by atoms with van der Waals surface area (Å²) in [5.41, 5.74) is 5.83. The highest BCUT2D eigenvalue weighted by Gasteiger charge is 2.38. The summed E-state index contributed by atoms with van der Waals surface area (Å²) in [6.07, 6.45) is 3.21. The molecule has 0 spiro atoms. The zero-order valence-electron chi connectivity index (χ0n) is 17.1. The minimum absolute atomic E-state index is 0.0612. The molecule has 4 unspecified atom stereocenters. The summed E-state index contributed by atoms with van der Waals surface area (Å²) in [6.45, 7) is 3.97. The SMILES string of the molecule is CSCCC(NC(=O)C1CCCN1C(=O)C(CS)NC(=O)C(N)C(C)C)C(=O)O. The van der Waals surface area contributed by atoms with Gasteiger partial charge in [0, 0.05) is 12.3 Å². The van der Waals surface area contributed by atoms with Crippen LogP contribution in [0.4, 0.5) is 0 Å². The van der Waals surface area contributed by atoms with Crippen molar-refractivity contribution in [3.05, 3.63) is 0 Å². The first kappa shape index (κ1) is 25.6. The molecule has 4 atom stereocenters. The van der Waals surface area contributed by atoms with Crippen molar-refractivity contribution in [2.45, 2.75) is 57.3 Å². The second-order valence-electron chi connectivity index (χ2n) is 7.38. The number of carbonyl (C=O) groups excluding carboxylic acids is 3. The molecule has 5 N–H and O–H groups in total. The highest BCUT2D eigenvalue weighted by Crippen LogP contribution is 2.19. The number of aliphatic carboxylic acids is 1. The van der Waals surface area contributed by atoms with Crippen LogP contribution in [0.5, 0.6) is 0 Å². The normalized spacial score (nSPS) is 19.5. The summed E-state index contributed by atoms with van der Waals surface area (Å²) in [7, 11) is 0. The number of carbonyl (C=O) groups is 4. The third kappa shape index (κ3) is 7.38. The summed E-state index contributed by atoms with van der Waals surface area (Å²) >= 11 is 5.65. The molecule has 0 aromatic heterocycles. The van der Waals surface area contributed by atoms with Crippen LogP contribution < -0.4 is 16.4 Å². The summed E-state index contributed by atoms with van der Waals surface area (Å²) < 4.78 is 0. The summed E-state index contributed by atoms with van der Waals surface area (Å²) in [5.74, 6) is -1.90. The van der Waals surface area contributed by atoms with Crippen molar-refractivity contribution in [2.75, 3.05) is 24.3 Å². The van der Waals surface area contributed by atoms with Gasteiger partial charge in [-0.3, -0.25) is 14.4 Å². The number of hydrogen-bond donors (Lipinski definition) is 5. The molecule has 166 valence electrons. The quantitative estimate of drug-likeness (QED) is 0.273. The fraction of sp³-hybridized carbons (Fsp3) is 0.778. The van der Waals surface area contributed by atoms with Gasteiger partial charge in [0.25, 0.3) is 0 Å². The van der Waals surface area contributed by atoms with E-state index >= 15 is 0 Å². The number of hydrogen-bond acceptors (Lipinski definition) is 7. The van der Waals surface area contributed by atoms with Crippen molar-refractivity contribution in [1.29, 1.82) is 0 Å². The van der Waals surface area contributed by atoms with Crippen molar-refractivity contribution < 1.29 is 24.3 Å². The van der Waals surface area contributed by atoms with Crippen LogP contribution >= 0.6 is 24.4 Å². The maximum atomic E-state index is 12.9. The predicted octanol–water partition coefficient (Wildman–Crippen LogP) is -0.302. The first-order valence-corrected chi connectivity index (χ1v) is 11.7. The van der Waals surface area contributed by atoms with Gasteiger partial charge in [0.05, 0.1) is 6.04 Å². The van der Waals surface area contributed by atoms with Crippen molar-refractivity contribution in [2.24, 2.45) is 11.7 Å². The first-order valence-electron chi connectivity index (χ1n) is 9.63. The van der Waals surface area contributed by atoms with E-state index in [4.69, 9.17) is 5.73 Å². The standard InChI is InChI=1S/C18H32N4O5S2/c1-10(2)14(19)16(24)21-12(9-28)17(25)22-7-4-5-13(22)15(23)20-11(18(26)27)6-8-29-3/h10-14,28H,4-9,19H2,1-3H3,(H,20,23)(H,21,24)(H,26,27). The van der Waals surface area contributed by atoms with E-state index in [1.807, 2.05) is 6.26 Å². The number of thiol groups is 1. The van der Waals surface area contributed by atoms with E-state index in [1.165, 1.54) is 16.7 Å². The Labute approximate surface area is 181 Å². The Morgan fingerprint density at radius 3 is 2.41 bits per heavy atom. The molecule has 29 heavy (non-hydrogen) atoms. The third-order valence-corrected chi connectivity index (χ3v) is 5.89. The van der Waals surface area contributed by atoms with E-state index in [9.17, 15) is 24.3 Å². The molecule has 1 aliphatic heterocycles. The Hall–Kier alpha value is -1.46. The summed E-state index contributed by atoms with van der Waals surface area (Å²) in [6, 6.07) is -3.43. The van der Waals surface area contributed by atoms with Crippen molar-refractivity contribution >= 4 is 48.1 Å². The molecule has 0 saturated carbocycles. The van der Waals surface area contributed by atoms with E-state index in [0.717, 1.165) is 0 Å². The van der Waals surface area contributed by atoms with Gasteiger partial charge in [-0.1, -0.05) is 13.8 Å². The second-order valence-corrected chi connectivity index (χ2v) is 8.73. The Bertz CT molecular complexity index is 605. The lowest BCUT2D eigenvalue weighted by Gasteiger charge is -2.29. The maximum Gasteiger partial charge on any atom is 0.326 e. The van der Waals surface area contributed by atoms with Crippen LogP contribution in [0.2, 0.25) is 0 Å². The van der Waals surface area contributed by atoms with E-state index in [-0.39, 0.29) is 11.7 Å². The molecule has 1 saturated heterocycles.